The Kier molecular flexibility index (Phi) is 4.14. The summed E-state index contributed by atoms with van der Waals surface area (Å²) in [6.07, 6.45) is 5.38. The van der Waals surface area contributed by atoms with Gasteiger partial charge in [0.05, 0.1) is 18.6 Å². The fourth-order valence-corrected chi connectivity index (χ4v) is 1.58. The Balaban J connectivity index is 2.73. The number of rotatable bonds is 4. The summed E-state index contributed by atoms with van der Waals surface area (Å²) >= 11 is 0. The molecule has 1 saturated heterocycles. The molecule has 1 fully saturated rings. The molecule has 0 aromatic rings. The number of esters is 1. The molecule has 16 heavy (non-hydrogen) atoms. The molecule has 0 N–H and O–H groups in total. The van der Waals surface area contributed by atoms with Crippen LogP contribution < -0.4 is 0 Å². The highest BCUT2D eigenvalue weighted by molar-refractivity contribution is 5.76. The van der Waals surface area contributed by atoms with Gasteiger partial charge < -0.3 is 9.47 Å². The third kappa shape index (κ3) is 2.85. The molecule has 0 spiro atoms. The van der Waals surface area contributed by atoms with Gasteiger partial charge in [0.1, 0.15) is 0 Å². The lowest BCUT2D eigenvalue weighted by Crippen LogP contribution is -2.38. The van der Waals surface area contributed by atoms with Gasteiger partial charge in [0, 0.05) is 6.42 Å². The third-order valence-corrected chi connectivity index (χ3v) is 3.22. The molecule has 3 heteroatoms. The van der Waals surface area contributed by atoms with Crippen LogP contribution in [-0.2, 0) is 14.3 Å². The summed E-state index contributed by atoms with van der Waals surface area (Å²) in [7, 11) is 0. The summed E-state index contributed by atoms with van der Waals surface area (Å²) in [5.41, 5.74) is -0.949. The minimum absolute atomic E-state index is 0.140. The Morgan fingerprint density at radius 2 is 2.25 bits per heavy atom. The largest absolute Gasteiger partial charge is 0.452 e. The fraction of sp³-hybridized carbons (Fsp3) is 0.769. The highest BCUT2D eigenvalue weighted by Gasteiger charge is 2.39. The number of carbonyl (C=O) groups excluding carboxylic acids is 1. The molecule has 1 rings (SSSR count). The first kappa shape index (κ1) is 13.2. The summed E-state index contributed by atoms with van der Waals surface area (Å²) in [6, 6.07) is 0. The number of ether oxygens (including phenoxy) is 2. The Hall–Kier alpha value is -0.830. The maximum absolute atomic E-state index is 12.0. The van der Waals surface area contributed by atoms with E-state index in [1.165, 1.54) is 0 Å². The molecule has 3 nitrogen and oxygen atoms in total. The van der Waals surface area contributed by atoms with E-state index in [9.17, 15) is 4.79 Å². The zero-order valence-corrected chi connectivity index (χ0v) is 10.7. The van der Waals surface area contributed by atoms with Crippen molar-refractivity contribution in [1.29, 1.82) is 0 Å². The van der Waals surface area contributed by atoms with E-state index in [4.69, 9.17) is 9.47 Å². The predicted octanol–water partition coefficient (Wildman–Crippen LogP) is 2.70. The summed E-state index contributed by atoms with van der Waals surface area (Å²) < 4.78 is 11.0. The summed E-state index contributed by atoms with van der Waals surface area (Å²) in [5.74, 6) is -0.140. The average Bonchev–Trinajstić information content (AvgIpc) is 2.67. The molecular formula is C13H22O3. The molecule has 0 radical (unpaired) electrons. The van der Waals surface area contributed by atoms with Gasteiger partial charge >= 0.3 is 5.97 Å². The van der Waals surface area contributed by atoms with Crippen molar-refractivity contribution in [2.45, 2.75) is 46.1 Å². The molecule has 0 saturated carbocycles. The SMILES string of the molecule is C/C=C/C1(OC(=O)C(C)(C)CC)CCOC1. The van der Waals surface area contributed by atoms with Crippen LogP contribution in [0.5, 0.6) is 0 Å². The number of allylic oxidation sites excluding steroid dienone is 1. The summed E-state index contributed by atoms with van der Waals surface area (Å²) in [6.45, 7) is 8.88. The second-order valence-corrected chi connectivity index (χ2v) is 4.99. The van der Waals surface area contributed by atoms with Gasteiger partial charge in [-0.25, -0.2) is 0 Å². The number of carbonyl (C=O) groups is 1. The van der Waals surface area contributed by atoms with Crippen molar-refractivity contribution in [2.75, 3.05) is 13.2 Å². The van der Waals surface area contributed by atoms with Gasteiger partial charge in [-0.1, -0.05) is 13.0 Å². The van der Waals surface area contributed by atoms with Gasteiger partial charge in [0.2, 0.25) is 0 Å². The lowest BCUT2D eigenvalue weighted by molar-refractivity contribution is -0.166. The average molecular weight is 226 g/mol. The smallest absolute Gasteiger partial charge is 0.312 e. The van der Waals surface area contributed by atoms with Crippen molar-refractivity contribution in [2.24, 2.45) is 5.41 Å². The van der Waals surface area contributed by atoms with E-state index < -0.39 is 11.0 Å². The van der Waals surface area contributed by atoms with E-state index in [-0.39, 0.29) is 5.97 Å². The van der Waals surface area contributed by atoms with Crippen LogP contribution in [0.3, 0.4) is 0 Å². The first-order valence-electron chi connectivity index (χ1n) is 5.91. The predicted molar refractivity (Wildman–Crippen MR) is 63.1 cm³/mol. The van der Waals surface area contributed by atoms with E-state index in [2.05, 4.69) is 0 Å². The summed E-state index contributed by atoms with van der Waals surface area (Å²) in [4.78, 5) is 12.0. The third-order valence-electron chi connectivity index (χ3n) is 3.22. The van der Waals surface area contributed by atoms with E-state index in [0.29, 0.717) is 13.2 Å². The molecule has 92 valence electrons. The first-order chi connectivity index (χ1) is 7.46. The van der Waals surface area contributed by atoms with Crippen LogP contribution in [0, 0.1) is 5.41 Å². The zero-order valence-electron chi connectivity index (χ0n) is 10.7. The second kappa shape index (κ2) is 5.00. The van der Waals surface area contributed by atoms with Crippen molar-refractivity contribution in [1.82, 2.24) is 0 Å². The van der Waals surface area contributed by atoms with Crippen molar-refractivity contribution in [3.05, 3.63) is 12.2 Å². The van der Waals surface area contributed by atoms with Gasteiger partial charge in [-0.15, -0.1) is 0 Å². The Bertz CT molecular complexity index is 273. The van der Waals surface area contributed by atoms with Crippen LogP contribution in [0.1, 0.15) is 40.5 Å². The van der Waals surface area contributed by atoms with Crippen molar-refractivity contribution < 1.29 is 14.3 Å². The minimum Gasteiger partial charge on any atom is -0.452 e. The van der Waals surface area contributed by atoms with Crippen LogP contribution in [0.25, 0.3) is 0 Å². The molecule has 0 aromatic carbocycles. The zero-order chi connectivity index (χ0) is 12.2. The molecule has 0 bridgehead atoms. The van der Waals surface area contributed by atoms with E-state index in [0.717, 1.165) is 12.8 Å². The first-order valence-corrected chi connectivity index (χ1v) is 5.91. The molecule has 1 aliphatic rings. The standard InChI is InChI=1S/C13H22O3/c1-5-7-13(8-9-15-10-13)16-11(14)12(3,4)6-2/h5,7H,6,8-10H2,1-4H3/b7-5+. The second-order valence-electron chi connectivity index (χ2n) is 4.99. The van der Waals surface area contributed by atoms with Crippen molar-refractivity contribution in [3.8, 4) is 0 Å². The molecule has 1 atom stereocenters. The maximum Gasteiger partial charge on any atom is 0.312 e. The lowest BCUT2D eigenvalue weighted by Gasteiger charge is -2.29. The van der Waals surface area contributed by atoms with Gasteiger partial charge in [-0.05, 0) is 33.3 Å². The highest BCUT2D eigenvalue weighted by atomic mass is 16.6. The maximum atomic E-state index is 12.0. The molecular weight excluding hydrogens is 204 g/mol. The van der Waals surface area contributed by atoms with Gasteiger partial charge in [0.15, 0.2) is 5.60 Å². The summed E-state index contributed by atoms with van der Waals surface area (Å²) in [5, 5.41) is 0. The van der Waals surface area contributed by atoms with E-state index in [1.807, 2.05) is 39.8 Å². The monoisotopic (exact) mass is 226 g/mol. The van der Waals surface area contributed by atoms with Crippen LogP contribution in [0.2, 0.25) is 0 Å². The van der Waals surface area contributed by atoms with Gasteiger partial charge in [-0.3, -0.25) is 4.79 Å². The molecule has 1 aliphatic heterocycles. The number of hydrogen-bond acceptors (Lipinski definition) is 3. The van der Waals surface area contributed by atoms with Crippen molar-refractivity contribution >= 4 is 5.97 Å². The molecule has 0 aliphatic carbocycles. The highest BCUT2D eigenvalue weighted by Crippen LogP contribution is 2.30. The molecule has 0 amide bonds. The van der Waals surface area contributed by atoms with E-state index in [1.54, 1.807) is 0 Å². The van der Waals surface area contributed by atoms with Crippen LogP contribution in [0.15, 0.2) is 12.2 Å². The topological polar surface area (TPSA) is 35.5 Å². The fourth-order valence-electron chi connectivity index (χ4n) is 1.58. The Morgan fingerprint density at radius 1 is 1.56 bits per heavy atom. The van der Waals surface area contributed by atoms with Crippen LogP contribution in [0.4, 0.5) is 0 Å². The van der Waals surface area contributed by atoms with E-state index >= 15 is 0 Å². The van der Waals surface area contributed by atoms with Crippen molar-refractivity contribution in [3.63, 3.8) is 0 Å². The molecule has 1 heterocycles. The van der Waals surface area contributed by atoms with Crippen LogP contribution >= 0.6 is 0 Å². The molecule has 1 unspecified atom stereocenters. The minimum atomic E-state index is -0.529. The Labute approximate surface area is 97.8 Å². The van der Waals surface area contributed by atoms with Crippen LogP contribution in [-0.4, -0.2) is 24.8 Å². The quantitative estimate of drug-likeness (QED) is 0.546. The molecule has 0 aromatic heterocycles. The van der Waals surface area contributed by atoms with Gasteiger partial charge in [0.25, 0.3) is 0 Å². The van der Waals surface area contributed by atoms with Gasteiger partial charge in [-0.2, -0.15) is 0 Å². The lowest BCUT2D eigenvalue weighted by atomic mass is 9.90. The number of hydrogen-bond donors (Lipinski definition) is 0. The normalized spacial score (nSPS) is 26.2. The Morgan fingerprint density at radius 3 is 2.69 bits per heavy atom.